The Labute approximate surface area is 92.5 Å². The van der Waals surface area contributed by atoms with Crippen LogP contribution in [0.3, 0.4) is 0 Å². The smallest absolute Gasteiger partial charge is 0.225 e. The minimum Gasteiger partial charge on any atom is -0.225 e. The second kappa shape index (κ2) is 3.48. The van der Waals surface area contributed by atoms with Gasteiger partial charge >= 0.3 is 0 Å². The minimum absolute atomic E-state index is 0.0390. The SMILES string of the molecule is NS(=O)(=O)c1ccc2ccccc2c1Cl. The predicted octanol–water partition coefficient (Wildman–Crippen LogP) is 2.14. The fourth-order valence-electron chi connectivity index (χ4n) is 1.43. The molecule has 0 heterocycles. The van der Waals surface area contributed by atoms with E-state index >= 15 is 0 Å². The number of hydrogen-bond acceptors (Lipinski definition) is 2. The summed E-state index contributed by atoms with van der Waals surface area (Å²) >= 11 is 5.97. The van der Waals surface area contributed by atoms with Crippen molar-refractivity contribution in [3.8, 4) is 0 Å². The van der Waals surface area contributed by atoms with E-state index in [4.69, 9.17) is 16.7 Å². The molecule has 5 heteroatoms. The topological polar surface area (TPSA) is 60.2 Å². The van der Waals surface area contributed by atoms with Gasteiger partial charge in [-0.25, -0.2) is 13.6 Å². The van der Waals surface area contributed by atoms with E-state index in [1.807, 2.05) is 12.1 Å². The number of rotatable bonds is 1. The van der Waals surface area contributed by atoms with Crippen LogP contribution >= 0.6 is 11.6 Å². The van der Waals surface area contributed by atoms with Gasteiger partial charge in [-0.2, -0.15) is 0 Å². The lowest BCUT2D eigenvalue weighted by molar-refractivity contribution is 0.598. The first kappa shape index (κ1) is 10.4. The van der Waals surface area contributed by atoms with E-state index in [2.05, 4.69) is 0 Å². The van der Waals surface area contributed by atoms with Gasteiger partial charge in [0, 0.05) is 5.39 Å². The van der Waals surface area contributed by atoms with Gasteiger partial charge in [0.25, 0.3) is 0 Å². The Morgan fingerprint density at radius 3 is 2.40 bits per heavy atom. The lowest BCUT2D eigenvalue weighted by Gasteiger charge is -2.05. The van der Waals surface area contributed by atoms with Crippen molar-refractivity contribution in [2.24, 2.45) is 5.14 Å². The van der Waals surface area contributed by atoms with Crippen LogP contribution < -0.4 is 5.14 Å². The molecular weight excluding hydrogens is 234 g/mol. The molecule has 0 unspecified atom stereocenters. The fraction of sp³-hybridized carbons (Fsp3) is 0. The molecule has 2 aromatic carbocycles. The number of fused-ring (bicyclic) bond motifs is 1. The molecule has 0 aliphatic heterocycles. The zero-order valence-corrected chi connectivity index (χ0v) is 9.22. The van der Waals surface area contributed by atoms with Gasteiger partial charge in [0.15, 0.2) is 0 Å². The third kappa shape index (κ3) is 1.84. The van der Waals surface area contributed by atoms with Crippen molar-refractivity contribution >= 4 is 32.4 Å². The van der Waals surface area contributed by atoms with Crippen LogP contribution in [-0.2, 0) is 10.0 Å². The average Bonchev–Trinajstić information content (AvgIpc) is 2.16. The summed E-state index contributed by atoms with van der Waals surface area (Å²) in [6.45, 7) is 0. The Balaban J connectivity index is 2.88. The Kier molecular flexibility index (Phi) is 2.42. The third-order valence-corrected chi connectivity index (χ3v) is 3.61. The molecule has 78 valence electrons. The summed E-state index contributed by atoms with van der Waals surface area (Å²) < 4.78 is 22.4. The van der Waals surface area contributed by atoms with Crippen molar-refractivity contribution < 1.29 is 8.42 Å². The molecule has 0 radical (unpaired) electrons. The van der Waals surface area contributed by atoms with E-state index < -0.39 is 10.0 Å². The summed E-state index contributed by atoms with van der Waals surface area (Å²) in [6, 6.07) is 10.4. The molecule has 0 amide bonds. The Morgan fingerprint density at radius 1 is 1.07 bits per heavy atom. The highest BCUT2D eigenvalue weighted by molar-refractivity contribution is 7.89. The van der Waals surface area contributed by atoms with E-state index in [1.54, 1.807) is 18.2 Å². The number of halogens is 1. The summed E-state index contributed by atoms with van der Waals surface area (Å²) in [5.41, 5.74) is 0. The van der Waals surface area contributed by atoms with Gasteiger partial charge in [0.2, 0.25) is 10.0 Å². The summed E-state index contributed by atoms with van der Waals surface area (Å²) in [6.07, 6.45) is 0. The van der Waals surface area contributed by atoms with Gasteiger partial charge in [-0.15, -0.1) is 0 Å². The van der Waals surface area contributed by atoms with Gasteiger partial charge < -0.3 is 0 Å². The van der Waals surface area contributed by atoms with Crippen molar-refractivity contribution in [2.75, 3.05) is 0 Å². The molecule has 15 heavy (non-hydrogen) atoms. The Bertz CT molecular complexity index is 622. The maximum atomic E-state index is 11.2. The third-order valence-electron chi connectivity index (χ3n) is 2.13. The van der Waals surface area contributed by atoms with E-state index in [0.29, 0.717) is 5.39 Å². The lowest BCUT2D eigenvalue weighted by Crippen LogP contribution is -2.12. The molecule has 2 rings (SSSR count). The van der Waals surface area contributed by atoms with Gasteiger partial charge in [-0.3, -0.25) is 0 Å². The molecular formula is C10H8ClNO2S. The van der Waals surface area contributed by atoms with Crippen LogP contribution in [0.25, 0.3) is 10.8 Å². The molecule has 2 aromatic rings. The van der Waals surface area contributed by atoms with Crippen LogP contribution in [-0.4, -0.2) is 8.42 Å². The first-order chi connectivity index (χ1) is 7.00. The monoisotopic (exact) mass is 241 g/mol. The summed E-state index contributed by atoms with van der Waals surface area (Å²) in [7, 11) is -3.76. The van der Waals surface area contributed by atoms with E-state index in [0.717, 1.165) is 5.39 Å². The van der Waals surface area contributed by atoms with Crippen molar-refractivity contribution in [2.45, 2.75) is 4.90 Å². The van der Waals surface area contributed by atoms with E-state index in [-0.39, 0.29) is 9.92 Å². The molecule has 3 nitrogen and oxygen atoms in total. The van der Waals surface area contributed by atoms with Crippen LogP contribution in [0, 0.1) is 0 Å². The number of nitrogens with two attached hydrogens (primary N) is 1. The molecule has 0 bridgehead atoms. The summed E-state index contributed by atoms with van der Waals surface area (Å²) in [5.74, 6) is 0. The highest BCUT2D eigenvalue weighted by atomic mass is 35.5. The number of hydrogen-bond donors (Lipinski definition) is 1. The van der Waals surface area contributed by atoms with Crippen LogP contribution in [0.2, 0.25) is 5.02 Å². The quantitative estimate of drug-likeness (QED) is 0.832. The van der Waals surface area contributed by atoms with Crippen molar-refractivity contribution in [3.05, 3.63) is 41.4 Å². The Morgan fingerprint density at radius 2 is 1.73 bits per heavy atom. The highest BCUT2D eigenvalue weighted by Gasteiger charge is 2.14. The van der Waals surface area contributed by atoms with E-state index in [1.165, 1.54) is 6.07 Å². The van der Waals surface area contributed by atoms with Gasteiger partial charge in [0.05, 0.1) is 5.02 Å². The van der Waals surface area contributed by atoms with Gasteiger partial charge in [0.1, 0.15) is 4.90 Å². The number of primary sulfonamides is 1. The maximum absolute atomic E-state index is 11.2. The van der Waals surface area contributed by atoms with Crippen molar-refractivity contribution in [3.63, 3.8) is 0 Å². The van der Waals surface area contributed by atoms with Crippen molar-refractivity contribution in [1.29, 1.82) is 0 Å². The standard InChI is InChI=1S/C10H8ClNO2S/c11-10-8-4-2-1-3-7(8)5-6-9(10)15(12,13)14/h1-6H,(H2,12,13,14). The molecule has 0 saturated heterocycles. The van der Waals surface area contributed by atoms with Crippen LogP contribution in [0.15, 0.2) is 41.3 Å². The van der Waals surface area contributed by atoms with Crippen LogP contribution in [0.5, 0.6) is 0 Å². The predicted molar refractivity (Wildman–Crippen MR) is 60.3 cm³/mol. The zero-order valence-electron chi connectivity index (χ0n) is 7.64. The normalized spacial score (nSPS) is 11.9. The first-order valence-corrected chi connectivity index (χ1v) is 6.12. The fourth-order valence-corrected chi connectivity index (χ4v) is 2.61. The highest BCUT2D eigenvalue weighted by Crippen LogP contribution is 2.29. The molecule has 0 atom stereocenters. The summed E-state index contributed by atoms with van der Waals surface area (Å²) in [4.78, 5) is -0.0390. The minimum atomic E-state index is -3.76. The second-order valence-corrected chi connectivity index (χ2v) is 5.05. The summed E-state index contributed by atoms with van der Waals surface area (Å²) in [5, 5.41) is 6.78. The largest absolute Gasteiger partial charge is 0.239 e. The number of sulfonamides is 1. The molecule has 0 aromatic heterocycles. The van der Waals surface area contributed by atoms with Gasteiger partial charge in [-0.05, 0) is 11.5 Å². The van der Waals surface area contributed by atoms with E-state index in [9.17, 15) is 8.42 Å². The lowest BCUT2D eigenvalue weighted by atomic mass is 10.1. The first-order valence-electron chi connectivity index (χ1n) is 4.20. The molecule has 0 aliphatic rings. The molecule has 0 fully saturated rings. The molecule has 0 spiro atoms. The van der Waals surface area contributed by atoms with Gasteiger partial charge in [-0.1, -0.05) is 41.9 Å². The van der Waals surface area contributed by atoms with Crippen molar-refractivity contribution in [1.82, 2.24) is 0 Å². The zero-order chi connectivity index (χ0) is 11.1. The maximum Gasteiger partial charge on any atom is 0.239 e. The van der Waals surface area contributed by atoms with Crippen LogP contribution in [0.4, 0.5) is 0 Å². The Hall–Kier alpha value is -1.10. The second-order valence-electron chi connectivity index (χ2n) is 3.14. The molecule has 0 saturated carbocycles. The number of benzene rings is 2. The average molecular weight is 242 g/mol. The molecule has 2 N–H and O–H groups in total. The van der Waals surface area contributed by atoms with Crippen LogP contribution in [0.1, 0.15) is 0 Å². The molecule has 0 aliphatic carbocycles.